The van der Waals surface area contributed by atoms with Crippen molar-refractivity contribution in [1.82, 2.24) is 9.80 Å². The number of rotatable bonds is 16. The first-order valence-electron chi connectivity index (χ1n) is 10.9. The van der Waals surface area contributed by atoms with Crippen LogP contribution in [0.5, 0.6) is 0 Å². The van der Waals surface area contributed by atoms with E-state index in [9.17, 15) is 4.79 Å². The number of carbonyl (C=O) groups is 1. The van der Waals surface area contributed by atoms with E-state index < -0.39 is 0 Å². The molecule has 1 aromatic rings. The van der Waals surface area contributed by atoms with Gasteiger partial charge in [-0.05, 0) is 18.1 Å². The minimum absolute atomic E-state index is 0.152. The van der Waals surface area contributed by atoms with Gasteiger partial charge in [0.15, 0.2) is 0 Å². The van der Waals surface area contributed by atoms with E-state index in [4.69, 9.17) is 18.9 Å². The minimum Gasteiger partial charge on any atom is -0.380 e. The van der Waals surface area contributed by atoms with E-state index in [2.05, 4.69) is 34.1 Å². The van der Waals surface area contributed by atoms with E-state index >= 15 is 0 Å². The molecule has 0 bridgehead atoms. The maximum Gasteiger partial charge on any atom is 0.132 e. The first kappa shape index (κ1) is 24.9. The number of hydrogen-bond donors (Lipinski definition) is 0. The second-order valence-electron chi connectivity index (χ2n) is 7.66. The van der Waals surface area contributed by atoms with Gasteiger partial charge in [0.1, 0.15) is 5.78 Å². The molecule has 1 fully saturated rings. The fraction of sp³-hybridized carbons (Fsp3) is 0.696. The van der Waals surface area contributed by atoms with Crippen molar-refractivity contribution in [2.24, 2.45) is 0 Å². The second-order valence-corrected chi connectivity index (χ2v) is 7.66. The average Bonchev–Trinajstić information content (AvgIpc) is 2.74. The SMILES string of the molecule is COCc1ccc(CN2CCN(CCOCCOCCOCCC(C)=O)CC2)cc1. The van der Waals surface area contributed by atoms with Gasteiger partial charge < -0.3 is 18.9 Å². The van der Waals surface area contributed by atoms with Crippen LogP contribution in [0.2, 0.25) is 0 Å². The zero-order valence-corrected chi connectivity index (χ0v) is 18.6. The summed E-state index contributed by atoms with van der Waals surface area (Å²) in [6, 6.07) is 8.71. The van der Waals surface area contributed by atoms with Gasteiger partial charge in [0.05, 0.1) is 46.2 Å². The van der Waals surface area contributed by atoms with Crippen molar-refractivity contribution < 1.29 is 23.7 Å². The molecule has 0 aromatic heterocycles. The number of ether oxygens (including phenoxy) is 4. The Morgan fingerprint density at radius 3 is 1.93 bits per heavy atom. The summed E-state index contributed by atoms with van der Waals surface area (Å²) in [6.45, 7) is 12.0. The van der Waals surface area contributed by atoms with Crippen molar-refractivity contribution in [2.45, 2.75) is 26.5 Å². The summed E-state index contributed by atoms with van der Waals surface area (Å²) in [5, 5.41) is 0. The quantitative estimate of drug-likeness (QED) is 0.378. The highest BCUT2D eigenvalue weighted by Gasteiger charge is 2.16. The molecule has 0 radical (unpaired) electrons. The van der Waals surface area contributed by atoms with E-state index in [0.29, 0.717) is 46.1 Å². The summed E-state index contributed by atoms with van der Waals surface area (Å²) in [6.07, 6.45) is 0.472. The Morgan fingerprint density at radius 2 is 1.33 bits per heavy atom. The highest BCUT2D eigenvalue weighted by molar-refractivity contribution is 5.75. The summed E-state index contributed by atoms with van der Waals surface area (Å²) < 4.78 is 21.6. The molecule has 1 aromatic carbocycles. The van der Waals surface area contributed by atoms with Gasteiger partial charge in [-0.3, -0.25) is 14.6 Å². The van der Waals surface area contributed by atoms with Gasteiger partial charge in [0, 0.05) is 52.8 Å². The molecule has 2 rings (SSSR count). The molecule has 170 valence electrons. The van der Waals surface area contributed by atoms with Gasteiger partial charge in [0.25, 0.3) is 0 Å². The monoisotopic (exact) mass is 422 g/mol. The summed E-state index contributed by atoms with van der Waals surface area (Å²) in [5.41, 5.74) is 2.57. The molecule has 0 unspecified atom stereocenters. The lowest BCUT2D eigenvalue weighted by Crippen LogP contribution is -2.46. The Bertz CT molecular complexity index is 573. The average molecular weight is 423 g/mol. The highest BCUT2D eigenvalue weighted by atomic mass is 16.5. The predicted octanol–water partition coefficient (Wildman–Crippen LogP) is 1.98. The number of hydrogen-bond acceptors (Lipinski definition) is 7. The molecule has 0 amide bonds. The van der Waals surface area contributed by atoms with Gasteiger partial charge in [-0.15, -0.1) is 0 Å². The standard InChI is InChI=1S/C23H38N2O5/c1-21(26)7-13-28-15-17-30-18-16-29-14-12-24-8-10-25(11-9-24)19-22-3-5-23(6-4-22)20-27-2/h3-6H,7-20H2,1-2H3. The van der Waals surface area contributed by atoms with Gasteiger partial charge in [-0.1, -0.05) is 24.3 Å². The summed E-state index contributed by atoms with van der Waals surface area (Å²) in [7, 11) is 1.73. The predicted molar refractivity (Wildman–Crippen MR) is 117 cm³/mol. The number of ketones is 1. The Hall–Kier alpha value is -1.35. The van der Waals surface area contributed by atoms with Gasteiger partial charge >= 0.3 is 0 Å². The van der Waals surface area contributed by atoms with Crippen LogP contribution in [0.4, 0.5) is 0 Å². The molecule has 1 saturated heterocycles. The number of nitrogens with zero attached hydrogens (tertiary/aromatic N) is 2. The number of piperazine rings is 1. The molecule has 0 saturated carbocycles. The number of Topliss-reactive ketones (excluding diaryl/α,β-unsaturated/α-hetero) is 1. The van der Waals surface area contributed by atoms with Crippen LogP contribution in [-0.2, 0) is 36.9 Å². The molecule has 1 heterocycles. The maximum atomic E-state index is 10.8. The van der Waals surface area contributed by atoms with Crippen LogP contribution < -0.4 is 0 Å². The van der Waals surface area contributed by atoms with Crippen molar-refractivity contribution in [3.8, 4) is 0 Å². The molecule has 0 spiro atoms. The van der Waals surface area contributed by atoms with E-state index in [0.717, 1.165) is 45.9 Å². The third-order valence-corrected chi connectivity index (χ3v) is 5.10. The molecular weight excluding hydrogens is 384 g/mol. The Labute approximate surface area is 181 Å². The summed E-state index contributed by atoms with van der Waals surface area (Å²) >= 11 is 0. The number of methoxy groups -OCH3 is 1. The number of carbonyl (C=O) groups excluding carboxylic acids is 1. The zero-order valence-electron chi connectivity index (χ0n) is 18.6. The van der Waals surface area contributed by atoms with E-state index in [1.54, 1.807) is 14.0 Å². The first-order chi connectivity index (χ1) is 14.7. The molecule has 0 N–H and O–H groups in total. The second kappa shape index (κ2) is 15.5. The molecular formula is C23H38N2O5. The lowest BCUT2D eigenvalue weighted by Gasteiger charge is -2.34. The first-order valence-corrected chi connectivity index (χ1v) is 10.9. The summed E-state index contributed by atoms with van der Waals surface area (Å²) in [5.74, 6) is 0.152. The number of benzene rings is 1. The van der Waals surface area contributed by atoms with E-state index in [1.165, 1.54) is 11.1 Å². The highest BCUT2D eigenvalue weighted by Crippen LogP contribution is 2.10. The Morgan fingerprint density at radius 1 is 0.800 bits per heavy atom. The molecule has 1 aliphatic rings. The minimum atomic E-state index is 0.152. The van der Waals surface area contributed by atoms with Gasteiger partial charge in [-0.2, -0.15) is 0 Å². The van der Waals surface area contributed by atoms with Crippen LogP contribution in [0.15, 0.2) is 24.3 Å². The lowest BCUT2D eigenvalue weighted by molar-refractivity contribution is -0.118. The van der Waals surface area contributed by atoms with Crippen LogP contribution in [0, 0.1) is 0 Å². The van der Waals surface area contributed by atoms with E-state index in [-0.39, 0.29) is 5.78 Å². The topological polar surface area (TPSA) is 60.5 Å². The zero-order chi connectivity index (χ0) is 21.4. The molecule has 0 aliphatic carbocycles. The molecule has 7 heteroatoms. The largest absolute Gasteiger partial charge is 0.380 e. The molecule has 0 atom stereocenters. The van der Waals surface area contributed by atoms with Gasteiger partial charge in [-0.25, -0.2) is 0 Å². The van der Waals surface area contributed by atoms with Crippen LogP contribution in [0.3, 0.4) is 0 Å². The van der Waals surface area contributed by atoms with Crippen LogP contribution in [-0.4, -0.2) is 95.1 Å². The van der Waals surface area contributed by atoms with Crippen LogP contribution in [0.1, 0.15) is 24.5 Å². The van der Waals surface area contributed by atoms with Gasteiger partial charge in [0.2, 0.25) is 0 Å². The smallest absolute Gasteiger partial charge is 0.132 e. The van der Waals surface area contributed by atoms with Crippen molar-refractivity contribution in [1.29, 1.82) is 0 Å². The van der Waals surface area contributed by atoms with Crippen LogP contribution >= 0.6 is 0 Å². The fourth-order valence-electron chi connectivity index (χ4n) is 3.29. The Kier molecular flexibility index (Phi) is 12.8. The maximum absolute atomic E-state index is 10.8. The normalized spacial score (nSPS) is 15.5. The van der Waals surface area contributed by atoms with Crippen molar-refractivity contribution in [3.05, 3.63) is 35.4 Å². The third-order valence-electron chi connectivity index (χ3n) is 5.10. The lowest BCUT2D eigenvalue weighted by atomic mass is 10.1. The van der Waals surface area contributed by atoms with Crippen molar-refractivity contribution >= 4 is 5.78 Å². The van der Waals surface area contributed by atoms with E-state index in [1.807, 2.05) is 0 Å². The van der Waals surface area contributed by atoms with Crippen molar-refractivity contribution in [3.63, 3.8) is 0 Å². The molecule has 30 heavy (non-hydrogen) atoms. The van der Waals surface area contributed by atoms with Crippen LogP contribution in [0.25, 0.3) is 0 Å². The van der Waals surface area contributed by atoms with Crippen molar-refractivity contribution in [2.75, 3.05) is 79.5 Å². The molecule has 1 aliphatic heterocycles. The molecule has 7 nitrogen and oxygen atoms in total. The third kappa shape index (κ3) is 11.2. The fourth-order valence-corrected chi connectivity index (χ4v) is 3.29. The summed E-state index contributed by atoms with van der Waals surface area (Å²) in [4.78, 5) is 15.7. The Balaban J connectivity index is 1.42.